The number of aromatic nitrogens is 2. The highest BCUT2D eigenvalue weighted by atomic mass is 14.9. The normalized spacial score (nSPS) is 10.0. The van der Waals surface area contributed by atoms with Crippen molar-refractivity contribution in [2.75, 3.05) is 5.73 Å². The largest absolute Gasteiger partial charge is 0.382 e. The fraction of sp³-hybridized carbons (Fsp3) is 0. The van der Waals surface area contributed by atoms with Crippen molar-refractivity contribution in [2.24, 2.45) is 0 Å². The quantitative estimate of drug-likeness (QED) is 0.733. The lowest BCUT2D eigenvalue weighted by Gasteiger charge is -2.07. The van der Waals surface area contributed by atoms with Crippen molar-refractivity contribution in [3.8, 4) is 23.4 Å². The summed E-state index contributed by atoms with van der Waals surface area (Å²) in [4.78, 5) is 8.12. The van der Waals surface area contributed by atoms with Gasteiger partial charge >= 0.3 is 0 Å². The molecule has 2 aromatic carbocycles. The van der Waals surface area contributed by atoms with E-state index in [-0.39, 0.29) is 17.2 Å². The molecule has 0 fully saturated rings. The van der Waals surface area contributed by atoms with Crippen LogP contribution in [-0.2, 0) is 0 Å². The molecule has 98 valence electrons. The number of fused-ring (bicyclic) bond motifs is 1. The Morgan fingerprint density at radius 2 is 1.52 bits per heavy atom. The number of benzene rings is 2. The summed E-state index contributed by atoms with van der Waals surface area (Å²) in [5.74, 6) is 0.140. The van der Waals surface area contributed by atoms with Gasteiger partial charge in [-0.3, -0.25) is 0 Å². The van der Waals surface area contributed by atoms with Crippen molar-refractivity contribution in [1.82, 2.24) is 9.97 Å². The van der Waals surface area contributed by atoms with E-state index in [1.54, 1.807) is 0 Å². The number of nitriles is 2. The van der Waals surface area contributed by atoms with Gasteiger partial charge in [0.15, 0.2) is 17.2 Å². The minimum Gasteiger partial charge on any atom is -0.382 e. The van der Waals surface area contributed by atoms with Crippen LogP contribution in [0.25, 0.3) is 22.0 Å². The number of rotatable bonds is 1. The molecule has 0 aliphatic carbocycles. The van der Waals surface area contributed by atoms with Gasteiger partial charge in [0, 0.05) is 5.56 Å². The van der Waals surface area contributed by atoms with Gasteiger partial charge in [-0.15, -0.1) is 0 Å². The lowest BCUT2D eigenvalue weighted by molar-refractivity contribution is 1.14. The Morgan fingerprint density at radius 1 is 0.857 bits per heavy atom. The molecule has 0 aliphatic rings. The molecule has 0 radical (unpaired) electrons. The molecule has 0 atom stereocenters. The highest BCUT2D eigenvalue weighted by Crippen LogP contribution is 2.27. The Balaban J connectivity index is 2.23. The second-order valence-electron chi connectivity index (χ2n) is 4.44. The van der Waals surface area contributed by atoms with Gasteiger partial charge < -0.3 is 5.73 Å². The second-order valence-corrected chi connectivity index (χ2v) is 4.44. The third-order valence-electron chi connectivity index (χ3n) is 3.16. The van der Waals surface area contributed by atoms with E-state index in [0.717, 1.165) is 16.3 Å². The van der Waals surface area contributed by atoms with E-state index in [1.807, 2.05) is 54.6 Å². The predicted octanol–water partition coefficient (Wildman–Crippen LogP) is 2.62. The number of nitrogens with two attached hydrogens (primary N) is 1. The maximum Gasteiger partial charge on any atom is 0.179 e. The van der Waals surface area contributed by atoms with Crippen LogP contribution in [0.5, 0.6) is 0 Å². The molecule has 5 heteroatoms. The average Bonchev–Trinajstić information content (AvgIpc) is 2.54. The summed E-state index contributed by atoms with van der Waals surface area (Å²) in [5.41, 5.74) is 6.96. The fourth-order valence-corrected chi connectivity index (χ4v) is 2.15. The van der Waals surface area contributed by atoms with Crippen LogP contribution in [0.1, 0.15) is 11.4 Å². The number of anilines is 1. The van der Waals surface area contributed by atoms with E-state index in [1.165, 1.54) is 0 Å². The molecule has 3 rings (SSSR count). The van der Waals surface area contributed by atoms with E-state index in [9.17, 15) is 0 Å². The standard InChI is InChI=1S/C16H9N5/c17-8-13-14(9-18)21-16(19)15(20-13)12-6-5-10-3-1-2-4-11(10)7-12/h1-7H,(H2,19,21). The summed E-state index contributed by atoms with van der Waals surface area (Å²) in [6, 6.07) is 17.3. The first-order valence-corrected chi connectivity index (χ1v) is 6.20. The average molecular weight is 271 g/mol. The van der Waals surface area contributed by atoms with Crippen molar-refractivity contribution in [3.63, 3.8) is 0 Å². The Bertz CT molecular complexity index is 932. The van der Waals surface area contributed by atoms with Gasteiger partial charge in [-0.25, -0.2) is 9.97 Å². The van der Waals surface area contributed by atoms with Crippen LogP contribution < -0.4 is 5.73 Å². The molecule has 1 aromatic heterocycles. The van der Waals surface area contributed by atoms with E-state index in [0.29, 0.717) is 5.69 Å². The highest BCUT2D eigenvalue weighted by molar-refractivity contribution is 5.88. The molecular weight excluding hydrogens is 262 g/mol. The van der Waals surface area contributed by atoms with Gasteiger partial charge in [0.25, 0.3) is 0 Å². The molecule has 21 heavy (non-hydrogen) atoms. The first-order valence-electron chi connectivity index (χ1n) is 6.20. The molecule has 0 bridgehead atoms. The maximum absolute atomic E-state index is 9.04. The van der Waals surface area contributed by atoms with Gasteiger partial charge in [0.05, 0.1) is 0 Å². The molecule has 0 aliphatic heterocycles. The van der Waals surface area contributed by atoms with Gasteiger partial charge in [0.1, 0.15) is 17.8 Å². The lowest BCUT2D eigenvalue weighted by atomic mass is 10.0. The predicted molar refractivity (Wildman–Crippen MR) is 78.8 cm³/mol. The zero-order chi connectivity index (χ0) is 14.8. The van der Waals surface area contributed by atoms with E-state index >= 15 is 0 Å². The first kappa shape index (κ1) is 12.6. The smallest absolute Gasteiger partial charge is 0.179 e. The number of hydrogen-bond acceptors (Lipinski definition) is 5. The monoisotopic (exact) mass is 271 g/mol. The Kier molecular flexibility index (Phi) is 2.95. The number of nitrogen functional groups attached to an aromatic ring is 1. The van der Waals surface area contributed by atoms with Gasteiger partial charge in [-0.05, 0) is 16.8 Å². The summed E-state index contributed by atoms with van der Waals surface area (Å²) in [6.07, 6.45) is 0. The van der Waals surface area contributed by atoms with Crippen molar-refractivity contribution in [3.05, 3.63) is 53.9 Å². The summed E-state index contributed by atoms with van der Waals surface area (Å²) in [5, 5.41) is 20.1. The summed E-state index contributed by atoms with van der Waals surface area (Å²) in [7, 11) is 0. The number of nitrogens with zero attached hydrogens (tertiary/aromatic N) is 4. The maximum atomic E-state index is 9.04. The van der Waals surface area contributed by atoms with Crippen LogP contribution in [0.3, 0.4) is 0 Å². The SMILES string of the molecule is N#Cc1nc(N)c(-c2ccc3ccccc3c2)nc1C#N. The molecule has 0 spiro atoms. The molecule has 0 saturated heterocycles. The third-order valence-corrected chi connectivity index (χ3v) is 3.16. The van der Waals surface area contributed by atoms with Crippen LogP contribution in [0.2, 0.25) is 0 Å². The Labute approximate surface area is 120 Å². The molecule has 0 amide bonds. The van der Waals surface area contributed by atoms with Crippen molar-refractivity contribution in [2.45, 2.75) is 0 Å². The molecule has 0 saturated carbocycles. The molecular formula is C16H9N5. The summed E-state index contributed by atoms with van der Waals surface area (Å²) in [6.45, 7) is 0. The van der Waals surface area contributed by atoms with Gasteiger partial charge in [-0.1, -0.05) is 36.4 Å². The third kappa shape index (κ3) is 2.13. The molecule has 0 unspecified atom stereocenters. The van der Waals surface area contributed by atoms with E-state index in [4.69, 9.17) is 16.3 Å². The lowest BCUT2D eigenvalue weighted by Crippen LogP contribution is -2.03. The van der Waals surface area contributed by atoms with E-state index in [2.05, 4.69) is 9.97 Å². The van der Waals surface area contributed by atoms with Crippen molar-refractivity contribution >= 4 is 16.6 Å². The molecule has 3 aromatic rings. The van der Waals surface area contributed by atoms with Crippen LogP contribution in [0.4, 0.5) is 5.82 Å². The van der Waals surface area contributed by atoms with Gasteiger partial charge in [-0.2, -0.15) is 10.5 Å². The Hall–Kier alpha value is -3.44. The topological polar surface area (TPSA) is 99.4 Å². The zero-order valence-corrected chi connectivity index (χ0v) is 10.9. The fourth-order valence-electron chi connectivity index (χ4n) is 2.15. The van der Waals surface area contributed by atoms with Crippen LogP contribution in [0, 0.1) is 22.7 Å². The van der Waals surface area contributed by atoms with Crippen molar-refractivity contribution < 1.29 is 0 Å². The van der Waals surface area contributed by atoms with Gasteiger partial charge in [0.2, 0.25) is 0 Å². The van der Waals surface area contributed by atoms with Crippen LogP contribution >= 0.6 is 0 Å². The molecule has 1 heterocycles. The minimum atomic E-state index is -0.0560. The van der Waals surface area contributed by atoms with Crippen LogP contribution in [-0.4, -0.2) is 9.97 Å². The summed E-state index contributed by atoms with van der Waals surface area (Å²) >= 11 is 0. The molecule has 2 N–H and O–H groups in total. The number of hydrogen-bond donors (Lipinski definition) is 1. The molecule has 5 nitrogen and oxygen atoms in total. The summed E-state index contributed by atoms with van der Waals surface area (Å²) < 4.78 is 0. The highest BCUT2D eigenvalue weighted by Gasteiger charge is 2.13. The minimum absolute atomic E-state index is 0.0186. The Morgan fingerprint density at radius 3 is 2.24 bits per heavy atom. The second kappa shape index (κ2) is 4.92. The van der Waals surface area contributed by atoms with Crippen molar-refractivity contribution in [1.29, 1.82) is 10.5 Å². The van der Waals surface area contributed by atoms with E-state index < -0.39 is 0 Å². The first-order chi connectivity index (χ1) is 10.2. The zero-order valence-electron chi connectivity index (χ0n) is 10.9. The van der Waals surface area contributed by atoms with Crippen LogP contribution in [0.15, 0.2) is 42.5 Å².